The van der Waals surface area contributed by atoms with E-state index >= 15 is 0 Å². The summed E-state index contributed by atoms with van der Waals surface area (Å²) in [6, 6.07) is 4.91. The molecule has 0 fully saturated rings. The first-order valence-corrected chi connectivity index (χ1v) is 6.12. The van der Waals surface area contributed by atoms with Gasteiger partial charge in [-0.05, 0) is 33.6 Å². The van der Waals surface area contributed by atoms with Gasteiger partial charge in [0.05, 0.1) is 4.47 Å². The molecule has 15 heavy (non-hydrogen) atoms. The van der Waals surface area contributed by atoms with Gasteiger partial charge in [-0.3, -0.25) is 4.79 Å². The van der Waals surface area contributed by atoms with Gasteiger partial charge in [0.15, 0.2) is 5.12 Å². The molecular formula is C11H10BrFOS. The molecule has 0 heterocycles. The second-order valence-corrected chi connectivity index (χ2v) is 4.93. The molecule has 0 N–H and O–H groups in total. The van der Waals surface area contributed by atoms with Crippen molar-refractivity contribution < 1.29 is 9.18 Å². The number of carbonyl (C=O) groups is 1. The van der Waals surface area contributed by atoms with Crippen molar-refractivity contribution in [2.75, 3.05) is 5.75 Å². The van der Waals surface area contributed by atoms with E-state index in [2.05, 4.69) is 15.9 Å². The summed E-state index contributed by atoms with van der Waals surface area (Å²) in [5, 5.41) is 0.0848. The van der Waals surface area contributed by atoms with Crippen LogP contribution in [0.5, 0.6) is 0 Å². The standard InChI is InChI=1S/C11H10BrFOS/c1-8(14)15-6-2-3-9-4-5-10(12)11(13)7-9/h2-5,7H,6H2,1H3. The largest absolute Gasteiger partial charge is 0.288 e. The summed E-state index contributed by atoms with van der Waals surface area (Å²) in [7, 11) is 0. The number of benzene rings is 1. The molecule has 0 saturated heterocycles. The predicted molar refractivity (Wildman–Crippen MR) is 66.3 cm³/mol. The predicted octanol–water partition coefficient (Wildman–Crippen LogP) is 3.88. The van der Waals surface area contributed by atoms with E-state index in [-0.39, 0.29) is 10.9 Å². The van der Waals surface area contributed by atoms with Gasteiger partial charge in [0.2, 0.25) is 0 Å². The average molecular weight is 289 g/mol. The molecule has 0 amide bonds. The highest BCUT2D eigenvalue weighted by atomic mass is 79.9. The van der Waals surface area contributed by atoms with E-state index in [0.717, 1.165) is 5.56 Å². The summed E-state index contributed by atoms with van der Waals surface area (Å²) < 4.78 is 13.5. The molecule has 0 aromatic heterocycles. The van der Waals surface area contributed by atoms with Crippen molar-refractivity contribution >= 4 is 38.9 Å². The summed E-state index contributed by atoms with van der Waals surface area (Å²) in [5.74, 6) is 0.337. The lowest BCUT2D eigenvalue weighted by atomic mass is 10.2. The van der Waals surface area contributed by atoms with Crippen molar-refractivity contribution in [3.05, 3.63) is 40.1 Å². The Kier molecular flexibility index (Phi) is 5.05. The Labute approximate surface area is 101 Å². The highest BCUT2D eigenvalue weighted by Gasteiger charge is 1.97. The van der Waals surface area contributed by atoms with Crippen LogP contribution >= 0.6 is 27.7 Å². The van der Waals surface area contributed by atoms with Gasteiger partial charge in [0, 0.05) is 12.7 Å². The third-order valence-electron chi connectivity index (χ3n) is 1.64. The quantitative estimate of drug-likeness (QED) is 0.840. The van der Waals surface area contributed by atoms with Gasteiger partial charge in [-0.1, -0.05) is 30.0 Å². The highest BCUT2D eigenvalue weighted by Crippen LogP contribution is 2.17. The third-order valence-corrected chi connectivity index (χ3v) is 3.05. The topological polar surface area (TPSA) is 17.1 Å². The van der Waals surface area contributed by atoms with Crippen LogP contribution in [0.4, 0.5) is 4.39 Å². The molecule has 1 nitrogen and oxygen atoms in total. The minimum Gasteiger partial charge on any atom is -0.288 e. The van der Waals surface area contributed by atoms with Crippen LogP contribution < -0.4 is 0 Å². The molecule has 80 valence electrons. The molecule has 0 aliphatic rings. The van der Waals surface area contributed by atoms with Crippen LogP contribution in [0.15, 0.2) is 28.7 Å². The molecule has 0 aliphatic heterocycles. The number of halogens is 2. The number of rotatable bonds is 3. The number of carbonyl (C=O) groups excluding carboxylic acids is 1. The maximum absolute atomic E-state index is 13.1. The normalized spacial score (nSPS) is 10.9. The average Bonchev–Trinajstić information content (AvgIpc) is 2.18. The van der Waals surface area contributed by atoms with Crippen LogP contribution in [0.25, 0.3) is 6.08 Å². The third kappa shape index (κ3) is 4.62. The number of hydrogen-bond donors (Lipinski definition) is 0. The fourth-order valence-electron chi connectivity index (χ4n) is 0.966. The Hall–Kier alpha value is -0.610. The molecule has 0 bridgehead atoms. The first-order chi connectivity index (χ1) is 7.09. The molecule has 1 aromatic rings. The lowest BCUT2D eigenvalue weighted by Gasteiger charge is -1.96. The molecule has 1 rings (SSSR count). The van der Waals surface area contributed by atoms with Crippen LogP contribution in [-0.4, -0.2) is 10.9 Å². The van der Waals surface area contributed by atoms with Gasteiger partial charge in [-0.15, -0.1) is 0 Å². The second-order valence-electron chi connectivity index (χ2n) is 2.88. The first-order valence-electron chi connectivity index (χ1n) is 4.34. The van der Waals surface area contributed by atoms with E-state index in [1.54, 1.807) is 12.1 Å². The fourth-order valence-corrected chi connectivity index (χ4v) is 1.64. The number of hydrogen-bond acceptors (Lipinski definition) is 2. The molecule has 1 aromatic carbocycles. The van der Waals surface area contributed by atoms with E-state index < -0.39 is 0 Å². The minimum absolute atomic E-state index is 0.0848. The van der Waals surface area contributed by atoms with Crippen LogP contribution in [0.1, 0.15) is 12.5 Å². The Morgan fingerprint density at radius 3 is 2.93 bits per heavy atom. The van der Waals surface area contributed by atoms with Crippen molar-refractivity contribution in [2.24, 2.45) is 0 Å². The summed E-state index contributed by atoms with van der Waals surface area (Å²) in [6.45, 7) is 1.53. The molecule has 0 atom stereocenters. The fraction of sp³-hybridized carbons (Fsp3) is 0.182. The van der Waals surface area contributed by atoms with Gasteiger partial charge in [0.25, 0.3) is 0 Å². The lowest BCUT2D eigenvalue weighted by Crippen LogP contribution is -1.82. The molecule has 4 heteroatoms. The van der Waals surface area contributed by atoms with Gasteiger partial charge < -0.3 is 0 Å². The smallest absolute Gasteiger partial charge is 0.186 e. The molecule has 0 radical (unpaired) electrons. The molecule has 0 unspecified atom stereocenters. The van der Waals surface area contributed by atoms with Crippen LogP contribution in [-0.2, 0) is 4.79 Å². The van der Waals surface area contributed by atoms with E-state index in [1.807, 2.05) is 12.1 Å². The zero-order valence-corrected chi connectivity index (χ0v) is 10.6. The second kappa shape index (κ2) is 6.08. The van der Waals surface area contributed by atoms with Gasteiger partial charge >= 0.3 is 0 Å². The molecule has 0 saturated carbocycles. The van der Waals surface area contributed by atoms with Gasteiger partial charge in [0.1, 0.15) is 5.82 Å². The van der Waals surface area contributed by atoms with E-state index in [1.165, 1.54) is 24.8 Å². The zero-order valence-electron chi connectivity index (χ0n) is 8.17. The zero-order chi connectivity index (χ0) is 11.3. The Morgan fingerprint density at radius 1 is 1.60 bits per heavy atom. The maximum Gasteiger partial charge on any atom is 0.186 e. The Morgan fingerprint density at radius 2 is 2.33 bits per heavy atom. The Balaban J connectivity index is 2.57. The van der Waals surface area contributed by atoms with Crippen molar-refractivity contribution in [1.29, 1.82) is 0 Å². The summed E-state index contributed by atoms with van der Waals surface area (Å²) >= 11 is 4.31. The van der Waals surface area contributed by atoms with E-state index in [0.29, 0.717) is 10.2 Å². The highest BCUT2D eigenvalue weighted by molar-refractivity contribution is 9.10. The minimum atomic E-state index is -0.281. The van der Waals surface area contributed by atoms with Crippen molar-refractivity contribution in [3.63, 3.8) is 0 Å². The van der Waals surface area contributed by atoms with Crippen LogP contribution in [0.2, 0.25) is 0 Å². The molecule has 0 spiro atoms. The SMILES string of the molecule is CC(=O)SCC=Cc1ccc(Br)c(F)c1. The van der Waals surface area contributed by atoms with Crippen LogP contribution in [0, 0.1) is 5.82 Å². The van der Waals surface area contributed by atoms with E-state index in [9.17, 15) is 9.18 Å². The number of thioether (sulfide) groups is 1. The van der Waals surface area contributed by atoms with E-state index in [4.69, 9.17) is 0 Å². The van der Waals surface area contributed by atoms with Crippen molar-refractivity contribution in [2.45, 2.75) is 6.92 Å². The summed E-state index contributed by atoms with van der Waals surface area (Å²) in [4.78, 5) is 10.6. The molecule has 0 aliphatic carbocycles. The van der Waals surface area contributed by atoms with Gasteiger partial charge in [-0.25, -0.2) is 4.39 Å². The van der Waals surface area contributed by atoms with Gasteiger partial charge in [-0.2, -0.15) is 0 Å². The van der Waals surface area contributed by atoms with Crippen molar-refractivity contribution in [1.82, 2.24) is 0 Å². The molecular weight excluding hydrogens is 279 g/mol. The first kappa shape index (κ1) is 12.5. The van der Waals surface area contributed by atoms with Crippen molar-refractivity contribution in [3.8, 4) is 0 Å². The maximum atomic E-state index is 13.1. The lowest BCUT2D eigenvalue weighted by molar-refractivity contribution is -0.109. The Bertz CT molecular complexity index is 390. The monoisotopic (exact) mass is 288 g/mol. The van der Waals surface area contributed by atoms with Crippen LogP contribution in [0.3, 0.4) is 0 Å². The summed E-state index contributed by atoms with van der Waals surface area (Å²) in [5.41, 5.74) is 0.792. The summed E-state index contributed by atoms with van der Waals surface area (Å²) in [6.07, 6.45) is 3.64.